The molecule has 1 N–H and O–H groups in total. The monoisotopic (exact) mass is 322 g/mol. The van der Waals surface area contributed by atoms with Gasteiger partial charge in [-0.2, -0.15) is 0 Å². The predicted molar refractivity (Wildman–Crippen MR) is 87.0 cm³/mol. The summed E-state index contributed by atoms with van der Waals surface area (Å²) in [4.78, 5) is 12.1. The van der Waals surface area contributed by atoms with E-state index in [-0.39, 0.29) is 11.7 Å². The number of ether oxygens (including phenoxy) is 1. The zero-order chi connectivity index (χ0) is 15.4. The van der Waals surface area contributed by atoms with Crippen LogP contribution in [0.3, 0.4) is 0 Å². The number of carboxylic acids is 1. The van der Waals surface area contributed by atoms with Crippen LogP contribution in [0.5, 0.6) is 5.75 Å². The Hall–Kier alpha value is -1.78. The largest absolute Gasteiger partial charge is 0.491 e. The fraction of sp³-hybridized carbons (Fsp3) is 0.188. The highest BCUT2D eigenvalue weighted by Gasteiger charge is 2.13. The van der Waals surface area contributed by atoms with Gasteiger partial charge in [0, 0.05) is 4.88 Å². The minimum atomic E-state index is -0.983. The lowest BCUT2D eigenvalue weighted by molar-refractivity contribution is -0.130. The molecule has 1 aromatic heterocycles. The Balaban J connectivity index is 2.36. The lowest BCUT2D eigenvalue weighted by Gasteiger charge is -2.10. The molecule has 5 heteroatoms. The van der Waals surface area contributed by atoms with E-state index in [1.54, 1.807) is 18.2 Å². The Morgan fingerprint density at radius 2 is 2.10 bits per heavy atom. The van der Waals surface area contributed by atoms with Crippen LogP contribution < -0.4 is 4.74 Å². The van der Waals surface area contributed by atoms with E-state index in [2.05, 4.69) is 0 Å². The van der Waals surface area contributed by atoms with Gasteiger partial charge in [-0.25, -0.2) is 4.79 Å². The standard InChI is InChI=1S/C16H15ClO3S/c1-10(2)20-12-5-3-4-11(8-12)9-13(16(18)19)14-6-7-15(17)21-14/h3-10H,1-2H3,(H,18,19)/b13-9-. The van der Waals surface area contributed by atoms with Gasteiger partial charge in [-0.3, -0.25) is 0 Å². The van der Waals surface area contributed by atoms with Crippen LogP contribution in [0.25, 0.3) is 11.6 Å². The second-order valence-electron chi connectivity index (χ2n) is 4.71. The summed E-state index contributed by atoms with van der Waals surface area (Å²) in [6, 6.07) is 10.7. The molecule has 0 bridgehead atoms. The van der Waals surface area contributed by atoms with Crippen molar-refractivity contribution in [2.45, 2.75) is 20.0 Å². The first-order chi connectivity index (χ1) is 9.95. The number of rotatable bonds is 5. The van der Waals surface area contributed by atoms with Crippen LogP contribution in [0.15, 0.2) is 36.4 Å². The second kappa shape index (κ2) is 6.78. The van der Waals surface area contributed by atoms with E-state index in [1.807, 2.05) is 38.1 Å². The normalized spacial score (nSPS) is 11.7. The molecule has 0 saturated carbocycles. The van der Waals surface area contributed by atoms with Crippen molar-refractivity contribution in [2.24, 2.45) is 0 Å². The summed E-state index contributed by atoms with van der Waals surface area (Å²) >= 11 is 7.12. The molecular formula is C16H15ClO3S. The van der Waals surface area contributed by atoms with Crippen molar-refractivity contribution in [2.75, 3.05) is 0 Å². The average molecular weight is 323 g/mol. The SMILES string of the molecule is CC(C)Oc1cccc(/C=C(\C(=O)O)c2ccc(Cl)s2)c1. The molecule has 0 spiro atoms. The maximum atomic E-state index is 11.4. The fourth-order valence-corrected chi connectivity index (χ4v) is 2.86. The first-order valence-corrected chi connectivity index (χ1v) is 7.62. The van der Waals surface area contributed by atoms with Crippen molar-refractivity contribution in [3.63, 3.8) is 0 Å². The molecule has 21 heavy (non-hydrogen) atoms. The summed E-state index contributed by atoms with van der Waals surface area (Å²) in [7, 11) is 0. The summed E-state index contributed by atoms with van der Waals surface area (Å²) in [5.74, 6) is -0.267. The molecule has 0 aliphatic carbocycles. The summed E-state index contributed by atoms with van der Waals surface area (Å²) in [6.45, 7) is 3.89. The number of thiophene rings is 1. The summed E-state index contributed by atoms with van der Waals surface area (Å²) in [5, 5.41) is 9.38. The van der Waals surface area contributed by atoms with Crippen molar-refractivity contribution in [3.05, 3.63) is 51.2 Å². The van der Waals surface area contributed by atoms with E-state index in [4.69, 9.17) is 16.3 Å². The third-order valence-corrected chi connectivity index (χ3v) is 3.87. The minimum absolute atomic E-state index is 0.0688. The molecule has 1 aromatic carbocycles. The van der Waals surface area contributed by atoms with Gasteiger partial charge in [-0.1, -0.05) is 23.7 Å². The van der Waals surface area contributed by atoms with Gasteiger partial charge in [0.25, 0.3) is 0 Å². The minimum Gasteiger partial charge on any atom is -0.491 e. The molecule has 0 atom stereocenters. The van der Waals surface area contributed by atoms with Gasteiger partial charge in [-0.05, 0) is 49.8 Å². The Morgan fingerprint density at radius 1 is 1.33 bits per heavy atom. The first kappa shape index (κ1) is 15.6. The van der Waals surface area contributed by atoms with Crippen molar-refractivity contribution in [1.29, 1.82) is 0 Å². The molecule has 2 aromatic rings. The number of halogens is 1. The highest BCUT2D eigenvalue weighted by molar-refractivity contribution is 7.17. The molecule has 0 aliphatic heterocycles. The van der Waals surface area contributed by atoms with E-state index in [0.717, 1.165) is 5.56 Å². The summed E-state index contributed by atoms with van der Waals surface area (Å²) < 4.78 is 6.18. The van der Waals surface area contributed by atoms with Crippen LogP contribution >= 0.6 is 22.9 Å². The number of hydrogen-bond donors (Lipinski definition) is 1. The Labute approximate surface area is 132 Å². The number of carbonyl (C=O) groups is 1. The Morgan fingerprint density at radius 3 is 2.67 bits per heavy atom. The summed E-state index contributed by atoms with van der Waals surface area (Å²) in [6.07, 6.45) is 1.69. The highest BCUT2D eigenvalue weighted by Crippen LogP contribution is 2.29. The van der Waals surface area contributed by atoms with Crippen LogP contribution in [0.1, 0.15) is 24.3 Å². The van der Waals surface area contributed by atoms with Crippen molar-refractivity contribution in [1.82, 2.24) is 0 Å². The molecule has 0 saturated heterocycles. The van der Waals surface area contributed by atoms with Gasteiger partial charge in [0.15, 0.2) is 0 Å². The van der Waals surface area contributed by atoms with E-state index in [9.17, 15) is 9.90 Å². The van der Waals surface area contributed by atoms with E-state index in [1.165, 1.54) is 11.3 Å². The molecule has 0 fully saturated rings. The van der Waals surface area contributed by atoms with E-state index < -0.39 is 5.97 Å². The van der Waals surface area contributed by atoms with E-state index >= 15 is 0 Å². The topological polar surface area (TPSA) is 46.5 Å². The maximum Gasteiger partial charge on any atom is 0.337 e. The van der Waals surface area contributed by atoms with E-state index in [0.29, 0.717) is 15.0 Å². The van der Waals surface area contributed by atoms with Crippen LogP contribution in [0, 0.1) is 0 Å². The third kappa shape index (κ3) is 4.34. The molecule has 0 amide bonds. The number of aliphatic carboxylic acids is 1. The van der Waals surface area contributed by atoms with Crippen LogP contribution in [0.4, 0.5) is 0 Å². The zero-order valence-electron chi connectivity index (χ0n) is 11.7. The summed E-state index contributed by atoms with van der Waals surface area (Å²) in [5.41, 5.74) is 0.990. The van der Waals surface area contributed by atoms with Gasteiger partial charge in [0.05, 0.1) is 16.0 Å². The molecule has 1 heterocycles. The van der Waals surface area contributed by atoms with Gasteiger partial charge in [-0.15, -0.1) is 11.3 Å². The molecular weight excluding hydrogens is 308 g/mol. The number of carboxylic acid groups (broad SMARTS) is 1. The Bertz CT molecular complexity index is 674. The first-order valence-electron chi connectivity index (χ1n) is 6.43. The van der Waals surface area contributed by atoms with Crippen LogP contribution in [0.2, 0.25) is 4.34 Å². The number of benzene rings is 1. The van der Waals surface area contributed by atoms with Gasteiger partial charge in [0.1, 0.15) is 5.75 Å². The number of hydrogen-bond acceptors (Lipinski definition) is 3. The van der Waals surface area contributed by atoms with Crippen molar-refractivity contribution >= 4 is 40.6 Å². The van der Waals surface area contributed by atoms with Gasteiger partial charge >= 0.3 is 5.97 Å². The van der Waals surface area contributed by atoms with Crippen LogP contribution in [-0.2, 0) is 4.79 Å². The van der Waals surface area contributed by atoms with Gasteiger partial charge in [0.2, 0.25) is 0 Å². The van der Waals surface area contributed by atoms with Gasteiger partial charge < -0.3 is 9.84 Å². The maximum absolute atomic E-state index is 11.4. The third-order valence-electron chi connectivity index (χ3n) is 2.61. The fourth-order valence-electron chi connectivity index (χ4n) is 1.81. The highest BCUT2D eigenvalue weighted by atomic mass is 35.5. The lowest BCUT2D eigenvalue weighted by Crippen LogP contribution is -2.05. The second-order valence-corrected chi connectivity index (χ2v) is 6.42. The predicted octanol–water partition coefficient (Wildman–Crippen LogP) is 4.81. The molecule has 3 nitrogen and oxygen atoms in total. The molecule has 0 unspecified atom stereocenters. The van der Waals surface area contributed by atoms with Crippen molar-refractivity contribution in [3.8, 4) is 5.75 Å². The molecule has 0 aliphatic rings. The quantitative estimate of drug-likeness (QED) is 0.803. The smallest absolute Gasteiger partial charge is 0.337 e. The zero-order valence-corrected chi connectivity index (χ0v) is 13.2. The molecule has 0 radical (unpaired) electrons. The molecule has 110 valence electrons. The van der Waals surface area contributed by atoms with Crippen molar-refractivity contribution < 1.29 is 14.6 Å². The molecule has 2 rings (SSSR count). The average Bonchev–Trinajstić information content (AvgIpc) is 2.81. The Kier molecular flexibility index (Phi) is 5.04. The van der Waals surface area contributed by atoms with Crippen LogP contribution in [-0.4, -0.2) is 17.2 Å². The lowest BCUT2D eigenvalue weighted by atomic mass is 10.1.